The van der Waals surface area contributed by atoms with E-state index in [0.29, 0.717) is 0 Å². The molecule has 0 heterocycles. The Morgan fingerprint density at radius 2 is 2.00 bits per heavy atom. The molecule has 2 N–H and O–H groups in total. The third kappa shape index (κ3) is 1.42. The summed E-state index contributed by atoms with van der Waals surface area (Å²) in [5.74, 6) is 0. The molecule has 0 bridgehead atoms. The number of hydrogen-bond acceptors (Lipinski definition) is 2. The van der Waals surface area contributed by atoms with Crippen LogP contribution in [0.4, 0.5) is 0 Å². The molecule has 3 nitrogen and oxygen atoms in total. The molecule has 0 radical (unpaired) electrons. The average molecular weight is 201 g/mol. The Balaban J connectivity index is 2.30. The highest BCUT2D eigenvalue weighted by molar-refractivity contribution is 7.91. The maximum atomic E-state index is 11.4. The molecule has 2 rings (SSSR count). The first-order chi connectivity index (χ1) is 6.06. The molecule has 2 aliphatic rings. The van der Waals surface area contributed by atoms with E-state index in [1.807, 2.05) is 0 Å². The van der Waals surface area contributed by atoms with E-state index in [0.717, 1.165) is 37.7 Å². The zero-order chi connectivity index (χ0) is 9.53. The molecular formula is C9H15NO2S. The van der Waals surface area contributed by atoms with Gasteiger partial charge in [0, 0.05) is 0 Å². The number of allylic oxidation sites excluding steroid dienone is 1. The Morgan fingerprint density at radius 1 is 1.31 bits per heavy atom. The molecule has 0 aromatic carbocycles. The Hall–Kier alpha value is -0.350. The van der Waals surface area contributed by atoms with Crippen LogP contribution in [0.25, 0.3) is 0 Å². The second-order valence-corrected chi connectivity index (χ2v) is 5.89. The summed E-state index contributed by atoms with van der Waals surface area (Å²) in [5, 5.41) is 5.24. The normalized spacial score (nSPS) is 26.7. The molecule has 1 saturated carbocycles. The van der Waals surface area contributed by atoms with Gasteiger partial charge in [0.05, 0.1) is 0 Å². The van der Waals surface area contributed by atoms with Crippen LogP contribution in [0.5, 0.6) is 0 Å². The largest absolute Gasteiger partial charge is 0.228 e. The summed E-state index contributed by atoms with van der Waals surface area (Å²) in [7, 11) is -3.36. The minimum absolute atomic E-state index is 0.632. The second kappa shape index (κ2) is 2.82. The van der Waals surface area contributed by atoms with E-state index in [-0.39, 0.29) is 0 Å². The summed E-state index contributed by atoms with van der Waals surface area (Å²) in [5.41, 5.74) is 1.08. The van der Waals surface area contributed by atoms with Crippen molar-refractivity contribution in [2.45, 2.75) is 43.3 Å². The van der Waals surface area contributed by atoms with E-state index >= 15 is 0 Å². The lowest BCUT2D eigenvalue weighted by atomic mass is 9.96. The van der Waals surface area contributed by atoms with Crippen LogP contribution in [0.3, 0.4) is 0 Å². The molecule has 0 aliphatic heterocycles. The minimum atomic E-state index is -3.36. The van der Waals surface area contributed by atoms with Crippen molar-refractivity contribution in [3.8, 4) is 0 Å². The van der Waals surface area contributed by atoms with Gasteiger partial charge in [-0.15, -0.1) is 0 Å². The highest BCUT2D eigenvalue weighted by Gasteiger charge is 2.55. The van der Waals surface area contributed by atoms with Crippen LogP contribution >= 0.6 is 0 Å². The number of primary sulfonamides is 1. The number of hydrogen-bond donors (Lipinski definition) is 1. The summed E-state index contributed by atoms with van der Waals surface area (Å²) in [4.78, 5) is 0. The molecule has 0 spiro atoms. The van der Waals surface area contributed by atoms with Crippen LogP contribution in [0.1, 0.15) is 38.5 Å². The molecule has 13 heavy (non-hydrogen) atoms. The molecule has 0 amide bonds. The van der Waals surface area contributed by atoms with Gasteiger partial charge in [0.2, 0.25) is 10.0 Å². The van der Waals surface area contributed by atoms with E-state index in [1.54, 1.807) is 0 Å². The maximum Gasteiger partial charge on any atom is 0.218 e. The Kier molecular flexibility index (Phi) is 2.00. The van der Waals surface area contributed by atoms with Gasteiger partial charge >= 0.3 is 0 Å². The maximum absolute atomic E-state index is 11.4. The van der Waals surface area contributed by atoms with Gasteiger partial charge in [-0.1, -0.05) is 11.6 Å². The quantitative estimate of drug-likeness (QED) is 0.685. The van der Waals surface area contributed by atoms with Crippen LogP contribution in [-0.4, -0.2) is 13.2 Å². The van der Waals surface area contributed by atoms with Gasteiger partial charge < -0.3 is 0 Å². The Bertz CT molecular complexity index is 339. The Morgan fingerprint density at radius 3 is 2.38 bits per heavy atom. The monoisotopic (exact) mass is 201 g/mol. The smallest absolute Gasteiger partial charge is 0.218 e. The van der Waals surface area contributed by atoms with Gasteiger partial charge in [0.15, 0.2) is 0 Å². The predicted molar refractivity (Wildman–Crippen MR) is 51.6 cm³/mol. The number of nitrogens with two attached hydrogens (primary N) is 1. The molecule has 0 aromatic heterocycles. The number of rotatable bonds is 2. The second-order valence-electron chi connectivity index (χ2n) is 4.01. The molecule has 2 aliphatic carbocycles. The van der Waals surface area contributed by atoms with Crippen LogP contribution in [-0.2, 0) is 10.0 Å². The van der Waals surface area contributed by atoms with E-state index in [1.165, 1.54) is 6.42 Å². The van der Waals surface area contributed by atoms with Gasteiger partial charge in [-0.05, 0) is 38.5 Å². The molecule has 0 unspecified atom stereocenters. The molecule has 0 saturated heterocycles. The van der Waals surface area contributed by atoms with Crippen LogP contribution in [0.15, 0.2) is 11.6 Å². The van der Waals surface area contributed by atoms with Crippen molar-refractivity contribution in [3.63, 3.8) is 0 Å². The fraction of sp³-hybridized carbons (Fsp3) is 0.778. The van der Waals surface area contributed by atoms with Crippen molar-refractivity contribution in [3.05, 3.63) is 11.6 Å². The molecule has 74 valence electrons. The standard InChI is InChI=1S/C9H15NO2S/c10-13(11,12)9(6-7-9)8-4-2-1-3-5-8/h4H,1-3,5-7H2,(H2,10,11,12). The number of sulfonamides is 1. The van der Waals surface area contributed by atoms with Gasteiger partial charge in [-0.2, -0.15) is 0 Å². The first-order valence-corrected chi connectivity index (χ1v) is 6.33. The van der Waals surface area contributed by atoms with Crippen molar-refractivity contribution in [2.75, 3.05) is 0 Å². The van der Waals surface area contributed by atoms with Crippen molar-refractivity contribution >= 4 is 10.0 Å². The summed E-state index contributed by atoms with van der Waals surface area (Å²) in [6.45, 7) is 0. The fourth-order valence-electron chi connectivity index (χ4n) is 2.15. The fourth-order valence-corrected chi connectivity index (χ4v) is 3.38. The zero-order valence-corrected chi connectivity index (χ0v) is 8.44. The van der Waals surface area contributed by atoms with E-state index in [2.05, 4.69) is 6.08 Å². The first kappa shape index (κ1) is 9.21. The van der Waals surface area contributed by atoms with Crippen LogP contribution < -0.4 is 5.14 Å². The lowest BCUT2D eigenvalue weighted by Gasteiger charge is -2.20. The molecular weight excluding hydrogens is 186 g/mol. The van der Waals surface area contributed by atoms with Gasteiger partial charge in [-0.3, -0.25) is 0 Å². The topological polar surface area (TPSA) is 60.2 Å². The van der Waals surface area contributed by atoms with Crippen LogP contribution in [0.2, 0.25) is 0 Å². The highest BCUT2D eigenvalue weighted by Crippen LogP contribution is 2.50. The van der Waals surface area contributed by atoms with Gasteiger partial charge in [0.25, 0.3) is 0 Å². The average Bonchev–Trinajstić information content (AvgIpc) is 2.84. The lowest BCUT2D eigenvalue weighted by molar-refractivity contribution is 0.578. The SMILES string of the molecule is NS(=O)(=O)C1(C2=CCCCC2)CC1. The summed E-state index contributed by atoms with van der Waals surface area (Å²) < 4.78 is 22.1. The van der Waals surface area contributed by atoms with E-state index in [4.69, 9.17) is 5.14 Å². The predicted octanol–water partition coefficient (Wildman–Crippen LogP) is 1.31. The minimum Gasteiger partial charge on any atom is -0.228 e. The zero-order valence-electron chi connectivity index (χ0n) is 7.62. The summed E-state index contributed by atoms with van der Waals surface area (Å²) in [6, 6.07) is 0. The third-order valence-corrected chi connectivity index (χ3v) is 4.88. The molecule has 0 aromatic rings. The van der Waals surface area contributed by atoms with E-state index < -0.39 is 14.8 Å². The van der Waals surface area contributed by atoms with Crippen molar-refractivity contribution in [2.24, 2.45) is 5.14 Å². The highest BCUT2D eigenvalue weighted by atomic mass is 32.2. The van der Waals surface area contributed by atoms with Crippen molar-refractivity contribution < 1.29 is 8.42 Å². The van der Waals surface area contributed by atoms with Crippen molar-refractivity contribution in [1.82, 2.24) is 0 Å². The lowest BCUT2D eigenvalue weighted by Crippen LogP contribution is -2.32. The van der Waals surface area contributed by atoms with Gasteiger partial charge in [0.1, 0.15) is 4.75 Å². The molecule has 1 fully saturated rings. The van der Waals surface area contributed by atoms with Gasteiger partial charge in [-0.25, -0.2) is 13.6 Å². The first-order valence-electron chi connectivity index (χ1n) is 4.78. The third-order valence-electron chi connectivity index (χ3n) is 3.12. The molecule has 0 atom stereocenters. The van der Waals surface area contributed by atoms with E-state index in [9.17, 15) is 8.42 Å². The molecule has 4 heteroatoms. The Labute approximate surface area is 79.1 Å². The van der Waals surface area contributed by atoms with Crippen molar-refractivity contribution in [1.29, 1.82) is 0 Å². The summed E-state index contributed by atoms with van der Waals surface area (Å²) in [6.07, 6.45) is 7.80. The summed E-state index contributed by atoms with van der Waals surface area (Å²) >= 11 is 0. The van der Waals surface area contributed by atoms with Crippen LogP contribution in [0, 0.1) is 0 Å².